The first-order chi connectivity index (χ1) is 12.5. The van der Waals surface area contributed by atoms with Crippen molar-refractivity contribution in [3.63, 3.8) is 0 Å². The lowest BCUT2D eigenvalue weighted by Crippen LogP contribution is -2.32. The predicted octanol–water partition coefficient (Wildman–Crippen LogP) is 1.03. The molecule has 2 fully saturated rings. The molecule has 0 unspecified atom stereocenters. The maximum absolute atomic E-state index is 14.7. The Bertz CT molecular complexity index is 813. The molecule has 2 aromatic heterocycles. The van der Waals surface area contributed by atoms with E-state index < -0.39 is 36.8 Å². The van der Waals surface area contributed by atoms with Crippen molar-refractivity contribution < 1.29 is 24.4 Å². The third-order valence-electron chi connectivity index (χ3n) is 5.10. The lowest BCUT2D eigenvalue weighted by atomic mass is 10.1. The highest BCUT2D eigenvalue weighted by Gasteiger charge is 2.45. The largest absolute Gasteiger partial charge is 0.394 e. The molecule has 1 aliphatic carbocycles. The molecule has 3 heterocycles. The van der Waals surface area contributed by atoms with Crippen LogP contribution in [0.1, 0.15) is 37.5 Å². The number of fused-ring (bicyclic) bond motifs is 1. The Labute approximate surface area is 153 Å². The summed E-state index contributed by atoms with van der Waals surface area (Å²) in [5.74, 6) is -0.303. The minimum Gasteiger partial charge on any atom is -0.394 e. The Balaban J connectivity index is 1.76. The first-order valence-electron chi connectivity index (χ1n) is 8.63. The number of nitrogens with one attached hydrogen (secondary N) is 1. The van der Waals surface area contributed by atoms with Crippen LogP contribution in [-0.4, -0.2) is 60.9 Å². The zero-order valence-electron chi connectivity index (χ0n) is 13.8. The number of nitrogens with zero attached hydrogens (tertiary/aromatic N) is 3. The number of rotatable bonds is 4. The maximum atomic E-state index is 14.7. The highest BCUT2D eigenvalue weighted by molar-refractivity contribution is 6.28. The van der Waals surface area contributed by atoms with Gasteiger partial charge in [0.2, 0.25) is 5.28 Å². The predicted molar refractivity (Wildman–Crippen MR) is 90.5 cm³/mol. The van der Waals surface area contributed by atoms with Gasteiger partial charge < -0.3 is 25.4 Å². The van der Waals surface area contributed by atoms with Crippen molar-refractivity contribution in [2.45, 2.75) is 56.1 Å². The van der Waals surface area contributed by atoms with Crippen molar-refractivity contribution in [3.8, 4) is 0 Å². The minimum absolute atomic E-state index is 0.0819. The van der Waals surface area contributed by atoms with E-state index in [4.69, 9.17) is 16.3 Å². The molecule has 0 aromatic carbocycles. The number of anilines is 1. The van der Waals surface area contributed by atoms with E-state index in [0.717, 1.165) is 25.7 Å². The van der Waals surface area contributed by atoms with E-state index in [-0.39, 0.29) is 28.4 Å². The van der Waals surface area contributed by atoms with E-state index in [1.54, 1.807) is 0 Å². The van der Waals surface area contributed by atoms with Crippen LogP contribution < -0.4 is 5.32 Å². The molecule has 10 heteroatoms. The maximum Gasteiger partial charge on any atom is 0.243 e. The van der Waals surface area contributed by atoms with Crippen LogP contribution in [0.3, 0.4) is 0 Å². The molecular formula is C16H20ClFN4O4. The number of hydrogen-bond donors (Lipinski definition) is 4. The molecule has 0 bridgehead atoms. The van der Waals surface area contributed by atoms with Crippen LogP contribution in [-0.2, 0) is 4.74 Å². The van der Waals surface area contributed by atoms with E-state index in [1.807, 2.05) is 0 Å². The molecule has 2 aromatic rings. The van der Waals surface area contributed by atoms with E-state index in [2.05, 4.69) is 15.4 Å². The number of ether oxygens (including phenoxy) is 1. The second-order valence-corrected chi connectivity index (χ2v) is 7.13. The Morgan fingerprint density at radius 3 is 2.69 bits per heavy atom. The average molecular weight is 387 g/mol. The lowest BCUT2D eigenvalue weighted by Gasteiger charge is -2.16. The summed E-state index contributed by atoms with van der Waals surface area (Å²) in [5.41, 5.74) is 0.299. The van der Waals surface area contributed by atoms with Gasteiger partial charge in [0.25, 0.3) is 0 Å². The van der Waals surface area contributed by atoms with Gasteiger partial charge in [0.05, 0.1) is 12.3 Å². The van der Waals surface area contributed by atoms with Crippen LogP contribution in [0.5, 0.6) is 0 Å². The quantitative estimate of drug-likeness (QED) is 0.620. The molecule has 0 amide bonds. The van der Waals surface area contributed by atoms with Gasteiger partial charge in [-0.15, -0.1) is 5.10 Å². The summed E-state index contributed by atoms with van der Waals surface area (Å²) in [5, 5.41) is 36.6. The van der Waals surface area contributed by atoms with Gasteiger partial charge in [0.1, 0.15) is 29.9 Å². The Morgan fingerprint density at radius 1 is 1.31 bits per heavy atom. The normalized spacial score (nSPS) is 29.7. The van der Waals surface area contributed by atoms with Crippen LogP contribution in [0.25, 0.3) is 5.52 Å². The Hall–Kier alpha value is -1.52. The monoisotopic (exact) mass is 386 g/mol. The number of aromatic nitrogens is 3. The van der Waals surface area contributed by atoms with E-state index in [9.17, 15) is 19.7 Å². The van der Waals surface area contributed by atoms with Crippen molar-refractivity contribution in [2.75, 3.05) is 11.9 Å². The van der Waals surface area contributed by atoms with Gasteiger partial charge in [-0.05, 0) is 24.4 Å². The molecular weight excluding hydrogens is 367 g/mol. The molecule has 1 aliphatic heterocycles. The van der Waals surface area contributed by atoms with Gasteiger partial charge in [-0.1, -0.05) is 12.8 Å². The third-order valence-corrected chi connectivity index (χ3v) is 5.26. The van der Waals surface area contributed by atoms with Crippen LogP contribution in [0.15, 0.2) is 6.07 Å². The second-order valence-electron chi connectivity index (χ2n) is 6.79. The summed E-state index contributed by atoms with van der Waals surface area (Å²) in [7, 11) is 0. The first kappa shape index (κ1) is 17.9. The van der Waals surface area contributed by atoms with Crippen LogP contribution in [0.4, 0.5) is 10.2 Å². The standard InChI is InChI=1S/C16H20ClFN4O4/c17-16-20-15(19-7-3-1-2-4-7)11-8(18)5-9(22(11)21-16)14-13(25)12(24)10(6-23)26-14/h5,7,10,12-14,23-25H,1-4,6H2,(H,19,20,21)/t10-,12-,13-,14+/m1/s1. The molecule has 4 rings (SSSR count). The van der Waals surface area contributed by atoms with Gasteiger partial charge >= 0.3 is 0 Å². The number of aliphatic hydroxyl groups is 3. The van der Waals surface area contributed by atoms with Crippen molar-refractivity contribution >= 4 is 22.9 Å². The number of halogens is 2. The third kappa shape index (κ3) is 2.93. The molecule has 1 saturated carbocycles. The van der Waals surface area contributed by atoms with E-state index >= 15 is 0 Å². The van der Waals surface area contributed by atoms with Crippen molar-refractivity contribution in [2.24, 2.45) is 0 Å². The summed E-state index contributed by atoms with van der Waals surface area (Å²) in [6, 6.07) is 1.37. The zero-order chi connectivity index (χ0) is 18.4. The number of aliphatic hydroxyl groups excluding tert-OH is 3. The molecule has 8 nitrogen and oxygen atoms in total. The van der Waals surface area contributed by atoms with Gasteiger partial charge in [0.15, 0.2) is 11.6 Å². The molecule has 142 valence electrons. The van der Waals surface area contributed by atoms with E-state index in [0.29, 0.717) is 0 Å². The smallest absolute Gasteiger partial charge is 0.243 e. The molecule has 4 atom stereocenters. The molecule has 26 heavy (non-hydrogen) atoms. The highest BCUT2D eigenvalue weighted by atomic mass is 35.5. The molecule has 4 N–H and O–H groups in total. The topological polar surface area (TPSA) is 112 Å². The fraction of sp³-hybridized carbons (Fsp3) is 0.625. The Kier molecular flexibility index (Phi) is 4.74. The summed E-state index contributed by atoms with van der Waals surface area (Å²) in [6.07, 6.45) is -0.484. The fourth-order valence-electron chi connectivity index (χ4n) is 3.77. The van der Waals surface area contributed by atoms with Crippen LogP contribution >= 0.6 is 11.6 Å². The number of hydrogen-bond acceptors (Lipinski definition) is 7. The van der Waals surface area contributed by atoms with Crippen molar-refractivity contribution in [3.05, 3.63) is 22.9 Å². The molecule has 1 saturated heterocycles. The molecule has 0 radical (unpaired) electrons. The van der Waals surface area contributed by atoms with Gasteiger partial charge in [-0.25, -0.2) is 8.91 Å². The zero-order valence-corrected chi connectivity index (χ0v) is 14.6. The fourth-order valence-corrected chi connectivity index (χ4v) is 3.93. The minimum atomic E-state index is -1.33. The summed E-state index contributed by atoms with van der Waals surface area (Å²) < 4.78 is 21.4. The van der Waals surface area contributed by atoms with Crippen molar-refractivity contribution in [1.82, 2.24) is 14.6 Å². The average Bonchev–Trinajstić information content (AvgIpc) is 3.29. The van der Waals surface area contributed by atoms with Crippen molar-refractivity contribution in [1.29, 1.82) is 0 Å². The Morgan fingerprint density at radius 2 is 2.04 bits per heavy atom. The van der Waals surface area contributed by atoms with Crippen LogP contribution in [0.2, 0.25) is 5.28 Å². The summed E-state index contributed by atoms with van der Waals surface area (Å²) in [4.78, 5) is 4.12. The highest BCUT2D eigenvalue weighted by Crippen LogP contribution is 2.36. The van der Waals surface area contributed by atoms with Gasteiger partial charge in [-0.3, -0.25) is 0 Å². The molecule has 0 spiro atoms. The van der Waals surface area contributed by atoms with Crippen LogP contribution in [0, 0.1) is 5.82 Å². The van der Waals surface area contributed by atoms with E-state index in [1.165, 1.54) is 10.6 Å². The first-order valence-corrected chi connectivity index (χ1v) is 9.01. The summed E-state index contributed by atoms with van der Waals surface area (Å²) >= 11 is 6.02. The summed E-state index contributed by atoms with van der Waals surface area (Å²) in [6.45, 7) is -0.468. The second kappa shape index (κ2) is 6.90. The SMILES string of the molecule is OC[C@H]1O[C@@H](c2cc(F)c3c(NC4CCCC4)nc(Cl)nn23)[C@H](O)[C@@H]1O. The molecule has 2 aliphatic rings. The lowest BCUT2D eigenvalue weighted by molar-refractivity contribution is -0.0244. The van der Waals surface area contributed by atoms with Gasteiger partial charge in [-0.2, -0.15) is 4.98 Å². The van der Waals surface area contributed by atoms with Gasteiger partial charge in [0, 0.05) is 12.1 Å².